The first-order valence-electron chi connectivity index (χ1n) is 4.75. The Bertz CT molecular complexity index is 176. The standard InChI is InChI=1S/C9H17FN2O/c1-7(11)9(13)12-4-2-8(6-10)3-5-12/h7-8H,2-6,11H2,1H3. The molecule has 0 aromatic heterocycles. The van der Waals surface area contributed by atoms with E-state index in [1.807, 2.05) is 0 Å². The second-order valence-electron chi connectivity index (χ2n) is 3.71. The third-order valence-corrected chi connectivity index (χ3v) is 2.53. The molecule has 0 spiro atoms. The van der Waals surface area contributed by atoms with Crippen LogP contribution in [0, 0.1) is 5.92 Å². The van der Waals surface area contributed by atoms with Crippen LogP contribution in [0.4, 0.5) is 4.39 Å². The lowest BCUT2D eigenvalue weighted by molar-refractivity contribution is -0.133. The van der Waals surface area contributed by atoms with Crippen molar-refractivity contribution in [1.82, 2.24) is 4.90 Å². The first-order chi connectivity index (χ1) is 6.15. The molecule has 76 valence electrons. The number of piperidine rings is 1. The molecule has 0 aromatic carbocycles. The Morgan fingerprint density at radius 3 is 2.54 bits per heavy atom. The number of carbonyl (C=O) groups is 1. The normalized spacial score (nSPS) is 21.6. The van der Waals surface area contributed by atoms with E-state index in [-0.39, 0.29) is 18.5 Å². The Morgan fingerprint density at radius 2 is 2.15 bits per heavy atom. The topological polar surface area (TPSA) is 46.3 Å². The van der Waals surface area contributed by atoms with Crippen LogP contribution in [0.3, 0.4) is 0 Å². The van der Waals surface area contributed by atoms with E-state index in [0.717, 1.165) is 12.8 Å². The van der Waals surface area contributed by atoms with E-state index in [1.54, 1.807) is 11.8 Å². The summed E-state index contributed by atoms with van der Waals surface area (Å²) in [6.07, 6.45) is 1.55. The molecule has 2 N–H and O–H groups in total. The van der Waals surface area contributed by atoms with Gasteiger partial charge in [-0.15, -0.1) is 0 Å². The van der Waals surface area contributed by atoms with Gasteiger partial charge in [-0.25, -0.2) is 0 Å². The first-order valence-corrected chi connectivity index (χ1v) is 4.75. The van der Waals surface area contributed by atoms with Gasteiger partial charge in [0, 0.05) is 13.1 Å². The smallest absolute Gasteiger partial charge is 0.239 e. The van der Waals surface area contributed by atoms with Crippen LogP contribution >= 0.6 is 0 Å². The van der Waals surface area contributed by atoms with E-state index in [1.165, 1.54) is 0 Å². The average molecular weight is 188 g/mol. The van der Waals surface area contributed by atoms with Gasteiger partial charge in [-0.3, -0.25) is 9.18 Å². The molecule has 0 aromatic rings. The van der Waals surface area contributed by atoms with E-state index in [2.05, 4.69) is 0 Å². The highest BCUT2D eigenvalue weighted by molar-refractivity contribution is 5.81. The monoisotopic (exact) mass is 188 g/mol. The van der Waals surface area contributed by atoms with Crippen molar-refractivity contribution in [3.05, 3.63) is 0 Å². The molecule has 3 nitrogen and oxygen atoms in total. The van der Waals surface area contributed by atoms with Crippen molar-refractivity contribution in [3.8, 4) is 0 Å². The van der Waals surface area contributed by atoms with Crippen LogP contribution in [0.1, 0.15) is 19.8 Å². The van der Waals surface area contributed by atoms with E-state index in [4.69, 9.17) is 5.73 Å². The largest absolute Gasteiger partial charge is 0.341 e. The van der Waals surface area contributed by atoms with E-state index < -0.39 is 6.04 Å². The third-order valence-electron chi connectivity index (χ3n) is 2.53. The second kappa shape index (κ2) is 4.56. The number of nitrogens with two attached hydrogens (primary N) is 1. The van der Waals surface area contributed by atoms with Gasteiger partial charge in [0.25, 0.3) is 0 Å². The zero-order valence-corrected chi connectivity index (χ0v) is 8.00. The summed E-state index contributed by atoms with van der Waals surface area (Å²) in [7, 11) is 0. The summed E-state index contributed by atoms with van der Waals surface area (Å²) in [5, 5.41) is 0. The highest BCUT2D eigenvalue weighted by Gasteiger charge is 2.23. The number of rotatable bonds is 2. The minimum atomic E-state index is -0.429. The molecule has 0 radical (unpaired) electrons. The van der Waals surface area contributed by atoms with Crippen LogP contribution in [0.15, 0.2) is 0 Å². The number of amides is 1. The number of alkyl halides is 1. The summed E-state index contributed by atoms with van der Waals surface area (Å²) >= 11 is 0. The molecule has 1 unspecified atom stereocenters. The van der Waals surface area contributed by atoms with Crippen molar-refractivity contribution in [2.75, 3.05) is 19.8 Å². The average Bonchev–Trinajstić information content (AvgIpc) is 2.17. The van der Waals surface area contributed by atoms with Crippen LogP contribution in [0.2, 0.25) is 0 Å². The molecular formula is C9H17FN2O. The van der Waals surface area contributed by atoms with Gasteiger partial charge >= 0.3 is 0 Å². The predicted octanol–water partition coefficient (Wildman–Crippen LogP) is 0.542. The van der Waals surface area contributed by atoms with Crippen molar-refractivity contribution >= 4 is 5.91 Å². The zero-order chi connectivity index (χ0) is 9.84. The van der Waals surface area contributed by atoms with Gasteiger partial charge in [0.2, 0.25) is 5.91 Å². The lowest BCUT2D eigenvalue weighted by Crippen LogP contribution is -2.46. The van der Waals surface area contributed by atoms with Crippen molar-refractivity contribution < 1.29 is 9.18 Å². The number of halogens is 1. The van der Waals surface area contributed by atoms with Gasteiger partial charge in [0.15, 0.2) is 0 Å². The SMILES string of the molecule is CC(N)C(=O)N1CCC(CF)CC1. The minimum Gasteiger partial charge on any atom is -0.341 e. The summed E-state index contributed by atoms with van der Waals surface area (Å²) in [6.45, 7) is 2.74. The molecule has 13 heavy (non-hydrogen) atoms. The molecule has 1 atom stereocenters. The number of hydrogen-bond acceptors (Lipinski definition) is 2. The van der Waals surface area contributed by atoms with Gasteiger partial charge in [-0.05, 0) is 25.7 Å². The van der Waals surface area contributed by atoms with Crippen LogP contribution in [-0.4, -0.2) is 36.6 Å². The molecular weight excluding hydrogens is 171 g/mol. The molecule has 0 bridgehead atoms. The molecule has 1 fully saturated rings. The second-order valence-corrected chi connectivity index (χ2v) is 3.71. The quantitative estimate of drug-likeness (QED) is 0.687. The Hall–Kier alpha value is -0.640. The lowest BCUT2D eigenvalue weighted by atomic mass is 9.98. The summed E-state index contributed by atoms with van der Waals surface area (Å²) in [5.41, 5.74) is 5.47. The van der Waals surface area contributed by atoms with Crippen molar-refractivity contribution in [1.29, 1.82) is 0 Å². The number of likely N-dealkylation sites (tertiary alicyclic amines) is 1. The molecule has 1 amide bonds. The maximum Gasteiger partial charge on any atom is 0.239 e. The highest BCUT2D eigenvalue weighted by atomic mass is 19.1. The lowest BCUT2D eigenvalue weighted by Gasteiger charge is -2.31. The highest BCUT2D eigenvalue weighted by Crippen LogP contribution is 2.17. The Kier molecular flexibility index (Phi) is 3.66. The van der Waals surface area contributed by atoms with E-state index in [9.17, 15) is 9.18 Å². The van der Waals surface area contributed by atoms with E-state index >= 15 is 0 Å². The molecule has 4 heteroatoms. The Labute approximate surface area is 78.1 Å². The Balaban J connectivity index is 2.36. The number of carbonyl (C=O) groups excluding carboxylic acids is 1. The maximum atomic E-state index is 12.2. The van der Waals surface area contributed by atoms with Crippen LogP contribution in [0.5, 0.6) is 0 Å². The summed E-state index contributed by atoms with van der Waals surface area (Å²) in [4.78, 5) is 13.1. The minimum absolute atomic E-state index is 0.0164. The fourth-order valence-electron chi connectivity index (χ4n) is 1.60. The number of nitrogens with zero attached hydrogens (tertiary/aromatic N) is 1. The van der Waals surface area contributed by atoms with Crippen LogP contribution in [0.25, 0.3) is 0 Å². The third kappa shape index (κ3) is 2.66. The van der Waals surface area contributed by atoms with Crippen molar-refractivity contribution in [3.63, 3.8) is 0 Å². The van der Waals surface area contributed by atoms with Gasteiger partial charge in [-0.2, -0.15) is 0 Å². The number of hydrogen-bond donors (Lipinski definition) is 1. The van der Waals surface area contributed by atoms with Crippen LogP contribution in [-0.2, 0) is 4.79 Å². The molecule has 1 heterocycles. The van der Waals surface area contributed by atoms with Gasteiger partial charge in [-0.1, -0.05) is 0 Å². The van der Waals surface area contributed by atoms with Crippen molar-refractivity contribution in [2.45, 2.75) is 25.8 Å². The molecule has 0 aliphatic carbocycles. The first kappa shape index (κ1) is 10.4. The summed E-state index contributed by atoms with van der Waals surface area (Å²) in [6, 6.07) is -0.429. The van der Waals surface area contributed by atoms with Gasteiger partial charge < -0.3 is 10.6 Å². The zero-order valence-electron chi connectivity index (χ0n) is 8.00. The van der Waals surface area contributed by atoms with Gasteiger partial charge in [0.05, 0.1) is 12.7 Å². The molecule has 0 saturated carbocycles. The van der Waals surface area contributed by atoms with Gasteiger partial charge in [0.1, 0.15) is 0 Å². The Morgan fingerprint density at radius 1 is 1.62 bits per heavy atom. The predicted molar refractivity (Wildman–Crippen MR) is 48.9 cm³/mol. The van der Waals surface area contributed by atoms with Crippen LogP contribution < -0.4 is 5.73 Å². The summed E-state index contributed by atoms with van der Waals surface area (Å²) in [5.74, 6) is 0.134. The molecule has 1 saturated heterocycles. The molecule has 1 aliphatic heterocycles. The fourth-order valence-corrected chi connectivity index (χ4v) is 1.60. The fraction of sp³-hybridized carbons (Fsp3) is 0.889. The van der Waals surface area contributed by atoms with E-state index in [0.29, 0.717) is 13.1 Å². The molecule has 1 rings (SSSR count). The molecule has 1 aliphatic rings. The van der Waals surface area contributed by atoms with Crippen molar-refractivity contribution in [2.24, 2.45) is 11.7 Å². The maximum absolute atomic E-state index is 12.2. The summed E-state index contributed by atoms with van der Waals surface area (Å²) < 4.78 is 12.2.